The van der Waals surface area contributed by atoms with Crippen molar-refractivity contribution in [1.82, 2.24) is 0 Å². The maximum Gasteiger partial charge on any atom is 0.393 e. The Morgan fingerprint density at radius 3 is 1.57 bits per heavy atom. The number of rotatable bonds is 2. The topological polar surface area (TPSA) is 26.0 Å². The molecule has 0 aromatic carbocycles. The normalized spacial score (nSPS) is 27.4. The van der Waals surface area contributed by atoms with Gasteiger partial charge in [0.05, 0.1) is 5.92 Å². The number of alkyl halides is 3. The molecule has 14 heavy (non-hydrogen) atoms. The van der Waals surface area contributed by atoms with E-state index in [1.54, 1.807) is 0 Å². The zero-order chi connectivity index (χ0) is 11.4. The van der Waals surface area contributed by atoms with Crippen molar-refractivity contribution in [3.63, 3.8) is 0 Å². The van der Waals surface area contributed by atoms with E-state index in [1.807, 2.05) is 27.7 Å². The molecule has 4 heteroatoms. The molecular formula is C10H18F3N. The van der Waals surface area contributed by atoms with E-state index >= 15 is 0 Å². The highest BCUT2D eigenvalue weighted by Gasteiger charge is 2.70. The predicted octanol–water partition coefficient (Wildman–Crippen LogP) is 2.81. The van der Waals surface area contributed by atoms with Crippen LogP contribution in [0.4, 0.5) is 13.2 Å². The summed E-state index contributed by atoms with van der Waals surface area (Å²) in [6.45, 7) is 7.22. The average Bonchev–Trinajstić information content (AvgIpc) is 2.30. The first kappa shape index (κ1) is 11.8. The van der Waals surface area contributed by atoms with Crippen LogP contribution < -0.4 is 5.73 Å². The second kappa shape index (κ2) is 2.87. The Labute approximate surface area is 82.9 Å². The maximum atomic E-state index is 12.6. The quantitative estimate of drug-likeness (QED) is 0.743. The van der Waals surface area contributed by atoms with Crippen LogP contribution >= 0.6 is 0 Å². The van der Waals surface area contributed by atoms with E-state index in [0.717, 1.165) is 0 Å². The predicted molar refractivity (Wildman–Crippen MR) is 49.7 cm³/mol. The Kier molecular flexibility index (Phi) is 2.43. The van der Waals surface area contributed by atoms with E-state index in [0.29, 0.717) is 0 Å². The molecule has 0 heterocycles. The number of hydrogen-bond acceptors (Lipinski definition) is 1. The van der Waals surface area contributed by atoms with Crippen LogP contribution in [0.3, 0.4) is 0 Å². The molecule has 0 aromatic heterocycles. The van der Waals surface area contributed by atoms with Crippen molar-refractivity contribution >= 4 is 0 Å². The largest absolute Gasteiger partial charge is 0.393 e. The number of halogens is 3. The minimum absolute atomic E-state index is 0.257. The third-order valence-electron chi connectivity index (χ3n) is 4.21. The lowest BCUT2D eigenvalue weighted by molar-refractivity contribution is -0.181. The third kappa shape index (κ3) is 1.44. The minimum atomic E-state index is -4.16. The van der Waals surface area contributed by atoms with Crippen molar-refractivity contribution in [2.75, 3.05) is 6.54 Å². The number of hydrogen-bond donors (Lipinski definition) is 1. The summed E-state index contributed by atoms with van der Waals surface area (Å²) in [5.74, 6) is -1.70. The van der Waals surface area contributed by atoms with E-state index < -0.39 is 12.1 Å². The highest BCUT2D eigenvalue weighted by molar-refractivity contribution is 5.15. The fourth-order valence-corrected chi connectivity index (χ4v) is 2.71. The molecule has 0 saturated heterocycles. The standard InChI is InChI=1S/C10H18F3N/c1-8(2)7(9(8,3)4)6(5-14)10(11,12)13/h6-7H,5,14H2,1-4H3. The van der Waals surface area contributed by atoms with Gasteiger partial charge in [0.25, 0.3) is 0 Å². The van der Waals surface area contributed by atoms with Crippen LogP contribution in [0.1, 0.15) is 27.7 Å². The second-order valence-corrected chi connectivity index (χ2v) is 5.30. The van der Waals surface area contributed by atoms with Crippen LogP contribution in [0.2, 0.25) is 0 Å². The van der Waals surface area contributed by atoms with Gasteiger partial charge in [-0.15, -0.1) is 0 Å². The molecule has 1 aliphatic carbocycles. The zero-order valence-electron chi connectivity index (χ0n) is 9.07. The van der Waals surface area contributed by atoms with Crippen molar-refractivity contribution < 1.29 is 13.2 Å². The highest BCUT2D eigenvalue weighted by Crippen LogP contribution is 2.72. The molecule has 0 aromatic rings. The molecule has 1 aliphatic rings. The molecule has 1 nitrogen and oxygen atoms in total. The molecule has 1 rings (SSSR count). The lowest BCUT2D eigenvalue weighted by Gasteiger charge is -2.20. The van der Waals surface area contributed by atoms with Gasteiger partial charge in [-0.3, -0.25) is 0 Å². The van der Waals surface area contributed by atoms with Crippen LogP contribution in [0, 0.1) is 22.7 Å². The molecule has 1 saturated carbocycles. The van der Waals surface area contributed by atoms with Gasteiger partial charge < -0.3 is 5.73 Å². The molecule has 1 unspecified atom stereocenters. The summed E-state index contributed by atoms with van der Waals surface area (Å²) >= 11 is 0. The zero-order valence-corrected chi connectivity index (χ0v) is 9.07. The molecule has 0 aliphatic heterocycles. The number of nitrogens with two attached hydrogens (primary N) is 1. The van der Waals surface area contributed by atoms with Crippen molar-refractivity contribution in [3.8, 4) is 0 Å². The second-order valence-electron chi connectivity index (χ2n) is 5.30. The summed E-state index contributed by atoms with van der Waals surface area (Å²) in [7, 11) is 0. The fraction of sp³-hybridized carbons (Fsp3) is 1.00. The van der Waals surface area contributed by atoms with Crippen LogP contribution in [0.15, 0.2) is 0 Å². The summed E-state index contributed by atoms with van der Waals surface area (Å²) in [5.41, 5.74) is 4.71. The van der Waals surface area contributed by atoms with Crippen molar-refractivity contribution in [3.05, 3.63) is 0 Å². The van der Waals surface area contributed by atoms with Crippen LogP contribution in [-0.2, 0) is 0 Å². The van der Waals surface area contributed by atoms with Crippen molar-refractivity contribution in [2.24, 2.45) is 28.4 Å². The summed E-state index contributed by atoms with van der Waals surface area (Å²) in [5, 5.41) is 0. The molecule has 0 radical (unpaired) electrons. The first-order chi connectivity index (χ1) is 6.06. The van der Waals surface area contributed by atoms with Crippen LogP contribution in [0.5, 0.6) is 0 Å². The monoisotopic (exact) mass is 209 g/mol. The van der Waals surface area contributed by atoms with Gasteiger partial charge in [-0.25, -0.2) is 0 Å². The molecule has 0 spiro atoms. The minimum Gasteiger partial charge on any atom is -0.330 e. The fourth-order valence-electron chi connectivity index (χ4n) is 2.71. The van der Waals surface area contributed by atoms with Gasteiger partial charge in [0, 0.05) is 6.54 Å². The lowest BCUT2D eigenvalue weighted by Crippen LogP contribution is -2.33. The van der Waals surface area contributed by atoms with E-state index in [9.17, 15) is 13.2 Å². The van der Waals surface area contributed by atoms with Gasteiger partial charge >= 0.3 is 6.18 Å². The van der Waals surface area contributed by atoms with Gasteiger partial charge in [-0.05, 0) is 16.7 Å². The first-order valence-corrected chi connectivity index (χ1v) is 4.83. The Hall–Kier alpha value is -0.250. The Morgan fingerprint density at radius 2 is 1.50 bits per heavy atom. The van der Waals surface area contributed by atoms with Crippen LogP contribution in [0.25, 0.3) is 0 Å². The summed E-state index contributed by atoms with van der Waals surface area (Å²) in [4.78, 5) is 0. The van der Waals surface area contributed by atoms with Gasteiger partial charge in [-0.2, -0.15) is 13.2 Å². The van der Waals surface area contributed by atoms with Gasteiger partial charge in [0.2, 0.25) is 0 Å². The Bertz CT molecular complexity index is 216. The Morgan fingerprint density at radius 1 is 1.14 bits per heavy atom. The Balaban J connectivity index is 2.87. The SMILES string of the molecule is CC1(C)C(C(CN)C(F)(F)F)C1(C)C. The average molecular weight is 209 g/mol. The molecule has 0 bridgehead atoms. The summed E-state index contributed by atoms with van der Waals surface area (Å²) in [6, 6.07) is 0. The van der Waals surface area contributed by atoms with Crippen molar-refractivity contribution in [1.29, 1.82) is 0 Å². The molecular weight excluding hydrogens is 191 g/mol. The lowest BCUT2D eigenvalue weighted by atomic mass is 9.96. The smallest absolute Gasteiger partial charge is 0.330 e. The molecule has 1 fully saturated rings. The molecule has 1 atom stereocenters. The van der Waals surface area contributed by atoms with E-state index in [1.165, 1.54) is 0 Å². The van der Waals surface area contributed by atoms with E-state index in [4.69, 9.17) is 5.73 Å². The summed E-state index contributed by atoms with van der Waals surface area (Å²) in [6.07, 6.45) is -4.16. The van der Waals surface area contributed by atoms with Gasteiger partial charge in [-0.1, -0.05) is 27.7 Å². The third-order valence-corrected chi connectivity index (χ3v) is 4.21. The van der Waals surface area contributed by atoms with Gasteiger partial charge in [0.15, 0.2) is 0 Å². The van der Waals surface area contributed by atoms with E-state index in [-0.39, 0.29) is 23.3 Å². The maximum absolute atomic E-state index is 12.6. The molecule has 2 N–H and O–H groups in total. The summed E-state index contributed by atoms with van der Waals surface area (Å²) < 4.78 is 37.9. The highest BCUT2D eigenvalue weighted by atomic mass is 19.4. The van der Waals surface area contributed by atoms with Gasteiger partial charge in [0.1, 0.15) is 0 Å². The van der Waals surface area contributed by atoms with Crippen molar-refractivity contribution in [2.45, 2.75) is 33.9 Å². The molecule has 84 valence electrons. The van der Waals surface area contributed by atoms with Crippen LogP contribution in [-0.4, -0.2) is 12.7 Å². The van der Waals surface area contributed by atoms with E-state index in [2.05, 4.69) is 0 Å². The first-order valence-electron chi connectivity index (χ1n) is 4.83. The molecule has 0 amide bonds.